The van der Waals surface area contributed by atoms with Gasteiger partial charge in [-0.1, -0.05) is 41.9 Å². The molecule has 0 aliphatic carbocycles. The Morgan fingerprint density at radius 2 is 2.00 bits per heavy atom. The van der Waals surface area contributed by atoms with E-state index in [0.717, 1.165) is 16.8 Å². The normalized spacial score (nSPS) is 16.6. The summed E-state index contributed by atoms with van der Waals surface area (Å²) in [7, 11) is 0. The summed E-state index contributed by atoms with van der Waals surface area (Å²) in [6.07, 6.45) is 1.10. The second-order valence-electron chi connectivity index (χ2n) is 8.16. The van der Waals surface area contributed by atoms with Crippen LogP contribution in [0, 0.1) is 6.92 Å². The minimum Gasteiger partial charge on any atom is -0.497 e. The lowest BCUT2D eigenvalue weighted by Crippen LogP contribution is -2.48. The van der Waals surface area contributed by atoms with Crippen LogP contribution < -0.4 is 0 Å². The van der Waals surface area contributed by atoms with E-state index in [-0.39, 0.29) is 6.04 Å². The van der Waals surface area contributed by atoms with Gasteiger partial charge in [-0.2, -0.15) is 0 Å². The third kappa shape index (κ3) is 5.97. The maximum Gasteiger partial charge on any atom is 0.415 e. The number of halogens is 1. The molecular formula is C23H27ClN2O4. The minimum atomic E-state index is -0.637. The Hall–Kier alpha value is -2.57. The minimum absolute atomic E-state index is 0.295. The molecule has 1 aliphatic heterocycles. The zero-order chi connectivity index (χ0) is 21.7. The van der Waals surface area contributed by atoms with E-state index < -0.39 is 11.7 Å². The van der Waals surface area contributed by atoms with Crippen molar-refractivity contribution in [3.8, 4) is 0 Å². The molecule has 0 bridgehead atoms. The number of hydrogen-bond acceptors (Lipinski definition) is 5. The highest BCUT2D eigenvalue weighted by Gasteiger charge is 2.35. The van der Waals surface area contributed by atoms with Crippen molar-refractivity contribution in [2.24, 2.45) is 0 Å². The molecule has 1 amide bonds. The Morgan fingerprint density at radius 3 is 2.67 bits per heavy atom. The van der Waals surface area contributed by atoms with E-state index in [1.54, 1.807) is 17.2 Å². The van der Waals surface area contributed by atoms with Crippen LogP contribution in [0.3, 0.4) is 0 Å². The molecule has 0 fully saturated rings. The molecule has 0 saturated carbocycles. The fraction of sp³-hybridized carbons (Fsp3) is 0.391. The highest BCUT2D eigenvalue weighted by Crippen LogP contribution is 2.30. The third-order valence-electron chi connectivity index (χ3n) is 4.34. The zero-order valence-electron chi connectivity index (χ0n) is 17.7. The second kappa shape index (κ2) is 9.49. The van der Waals surface area contributed by atoms with E-state index in [4.69, 9.17) is 25.8 Å². The number of carbonyl (C=O) groups is 1. The number of aryl methyl sites for hydroxylation is 1. The van der Waals surface area contributed by atoms with Crippen molar-refractivity contribution in [2.45, 2.75) is 45.9 Å². The van der Waals surface area contributed by atoms with Crippen molar-refractivity contribution in [1.29, 1.82) is 0 Å². The maximum atomic E-state index is 13.1. The second-order valence-corrected chi connectivity index (χ2v) is 8.55. The van der Waals surface area contributed by atoms with Crippen LogP contribution in [0.1, 0.15) is 37.6 Å². The lowest BCUT2D eigenvalue weighted by molar-refractivity contribution is -0.00364. The first kappa shape index (κ1) is 22.1. The Labute approximate surface area is 182 Å². The molecular weight excluding hydrogens is 404 g/mol. The van der Waals surface area contributed by atoms with E-state index in [2.05, 4.69) is 4.98 Å². The lowest BCUT2D eigenvalue weighted by atomic mass is 10.1. The molecule has 1 atom stereocenters. The number of nitrogens with zero attached hydrogens (tertiary/aromatic N) is 2. The number of aromatic nitrogens is 1. The first-order valence-corrected chi connectivity index (χ1v) is 10.2. The number of ether oxygens (including phenoxy) is 3. The van der Waals surface area contributed by atoms with Gasteiger partial charge < -0.3 is 14.2 Å². The van der Waals surface area contributed by atoms with E-state index in [1.165, 1.54) is 0 Å². The van der Waals surface area contributed by atoms with Crippen LogP contribution in [-0.2, 0) is 20.8 Å². The summed E-state index contributed by atoms with van der Waals surface area (Å²) in [6.45, 7) is 8.39. The maximum absolute atomic E-state index is 13.1. The molecule has 2 heterocycles. The zero-order valence-corrected chi connectivity index (χ0v) is 18.5. The largest absolute Gasteiger partial charge is 0.497 e. The highest BCUT2D eigenvalue weighted by molar-refractivity contribution is 6.29. The Balaban J connectivity index is 1.83. The number of pyridine rings is 1. The Kier molecular flexibility index (Phi) is 7.00. The summed E-state index contributed by atoms with van der Waals surface area (Å²) in [5.74, 6) is 0. The number of carbonyl (C=O) groups excluding carboxylic acids is 1. The van der Waals surface area contributed by atoms with Gasteiger partial charge in [0, 0.05) is 11.3 Å². The van der Waals surface area contributed by atoms with Crippen molar-refractivity contribution < 1.29 is 19.0 Å². The molecule has 1 aliphatic rings. The monoisotopic (exact) mass is 430 g/mol. The molecule has 1 aromatic carbocycles. The van der Waals surface area contributed by atoms with Crippen molar-refractivity contribution in [2.75, 3.05) is 13.2 Å². The predicted molar refractivity (Wildman–Crippen MR) is 116 cm³/mol. The molecule has 1 unspecified atom stereocenters. The molecule has 1 aromatic heterocycles. The standard InChI is InChI=1S/C23H27ClN2O4/c1-16-10-18(11-21(24)25-16)20-15-29-14-19(26(20)22(27)30-23(2,3)4)13-28-12-17-8-6-5-7-9-17/h5-11,15,19H,12-14H2,1-4H3. The van der Waals surface area contributed by atoms with Crippen LogP contribution in [0.4, 0.5) is 4.79 Å². The fourth-order valence-electron chi connectivity index (χ4n) is 3.12. The molecule has 2 aromatic rings. The van der Waals surface area contributed by atoms with E-state index in [0.29, 0.717) is 30.7 Å². The van der Waals surface area contributed by atoms with Crippen molar-refractivity contribution in [3.05, 3.63) is 70.7 Å². The average Bonchev–Trinajstić information content (AvgIpc) is 2.66. The first-order chi connectivity index (χ1) is 14.2. The molecule has 0 spiro atoms. The third-order valence-corrected chi connectivity index (χ3v) is 4.53. The molecule has 3 rings (SSSR count). The van der Waals surface area contributed by atoms with Crippen LogP contribution in [0.2, 0.25) is 5.15 Å². The summed E-state index contributed by atoms with van der Waals surface area (Å²) in [5, 5.41) is 0.345. The van der Waals surface area contributed by atoms with E-state index in [9.17, 15) is 4.79 Å². The van der Waals surface area contributed by atoms with Crippen molar-refractivity contribution >= 4 is 23.4 Å². The highest BCUT2D eigenvalue weighted by atomic mass is 35.5. The molecule has 30 heavy (non-hydrogen) atoms. The van der Waals surface area contributed by atoms with Crippen LogP contribution in [-0.4, -0.2) is 40.8 Å². The molecule has 0 saturated heterocycles. The topological polar surface area (TPSA) is 60.9 Å². The van der Waals surface area contributed by atoms with Gasteiger partial charge in [0.15, 0.2) is 0 Å². The van der Waals surface area contributed by atoms with Crippen LogP contribution in [0.15, 0.2) is 48.7 Å². The quantitative estimate of drug-likeness (QED) is 0.610. The van der Waals surface area contributed by atoms with Crippen LogP contribution in [0.5, 0.6) is 0 Å². The number of benzene rings is 1. The Bertz CT molecular complexity index is 889. The summed E-state index contributed by atoms with van der Waals surface area (Å²) in [4.78, 5) is 18.9. The Morgan fingerprint density at radius 1 is 1.27 bits per heavy atom. The van der Waals surface area contributed by atoms with E-state index in [1.807, 2.05) is 64.1 Å². The number of rotatable bonds is 5. The first-order valence-electron chi connectivity index (χ1n) is 9.83. The van der Waals surface area contributed by atoms with Gasteiger partial charge in [0.2, 0.25) is 0 Å². The van der Waals surface area contributed by atoms with Gasteiger partial charge in [-0.05, 0) is 45.4 Å². The molecule has 0 radical (unpaired) electrons. The van der Waals surface area contributed by atoms with Gasteiger partial charge in [0.25, 0.3) is 0 Å². The van der Waals surface area contributed by atoms with Gasteiger partial charge in [-0.25, -0.2) is 9.78 Å². The summed E-state index contributed by atoms with van der Waals surface area (Å²) >= 11 is 6.15. The SMILES string of the molecule is Cc1cc(C2=COCC(COCc3ccccc3)N2C(=O)OC(C)(C)C)cc(Cl)n1. The van der Waals surface area contributed by atoms with Gasteiger partial charge in [-0.3, -0.25) is 4.90 Å². The van der Waals surface area contributed by atoms with Crippen LogP contribution >= 0.6 is 11.6 Å². The summed E-state index contributed by atoms with van der Waals surface area (Å²) in [5.41, 5.74) is 2.46. The van der Waals surface area contributed by atoms with E-state index >= 15 is 0 Å². The van der Waals surface area contributed by atoms with Gasteiger partial charge in [0.05, 0.1) is 25.0 Å². The predicted octanol–water partition coefficient (Wildman–Crippen LogP) is 5.19. The van der Waals surface area contributed by atoms with Crippen molar-refractivity contribution in [1.82, 2.24) is 9.88 Å². The fourth-order valence-corrected chi connectivity index (χ4v) is 3.37. The summed E-state index contributed by atoms with van der Waals surface area (Å²) < 4.78 is 17.3. The molecule has 0 N–H and O–H groups in total. The van der Waals surface area contributed by atoms with Crippen LogP contribution in [0.25, 0.3) is 5.70 Å². The van der Waals surface area contributed by atoms with Gasteiger partial charge >= 0.3 is 6.09 Å². The average molecular weight is 431 g/mol. The van der Waals surface area contributed by atoms with Gasteiger partial charge in [-0.15, -0.1) is 0 Å². The number of amides is 1. The van der Waals surface area contributed by atoms with Crippen molar-refractivity contribution in [3.63, 3.8) is 0 Å². The molecule has 7 heteroatoms. The molecule has 6 nitrogen and oxygen atoms in total. The van der Waals surface area contributed by atoms with Gasteiger partial charge in [0.1, 0.15) is 23.6 Å². The number of hydrogen-bond donors (Lipinski definition) is 0. The smallest absolute Gasteiger partial charge is 0.415 e. The molecule has 160 valence electrons. The summed E-state index contributed by atoms with van der Waals surface area (Å²) in [6, 6.07) is 13.1. The lowest BCUT2D eigenvalue weighted by Gasteiger charge is -2.37.